The minimum Gasteiger partial charge on any atom is -0.468 e. The number of hydrogen-bond acceptors (Lipinski definition) is 3. The molecule has 128 valence electrons. The Balaban J connectivity index is 2.33. The van der Waals surface area contributed by atoms with Crippen molar-refractivity contribution in [3.8, 4) is 0 Å². The summed E-state index contributed by atoms with van der Waals surface area (Å²) in [6.07, 6.45) is 8.82. The fourth-order valence-corrected chi connectivity index (χ4v) is 6.31. The summed E-state index contributed by atoms with van der Waals surface area (Å²) in [6.45, 7) is 8.90. The molecule has 22 heavy (non-hydrogen) atoms. The molecule has 0 fully saturated rings. The Kier molecular flexibility index (Phi) is 9.28. The highest BCUT2D eigenvalue weighted by molar-refractivity contribution is 7.99. The predicted octanol–water partition coefficient (Wildman–Crippen LogP) is 2.89. The number of rotatable bonds is 10. The summed E-state index contributed by atoms with van der Waals surface area (Å²) in [5.74, 6) is 2.24. The summed E-state index contributed by atoms with van der Waals surface area (Å²) in [4.78, 5) is 12.8. The van der Waals surface area contributed by atoms with Gasteiger partial charge < -0.3 is 4.12 Å². The van der Waals surface area contributed by atoms with Gasteiger partial charge in [-0.1, -0.05) is 46.3 Å². The number of carbonyl (C=O) groups excluding carboxylic acids is 1. The van der Waals surface area contributed by atoms with Crippen molar-refractivity contribution in [2.75, 3.05) is 5.75 Å². The molecule has 1 aliphatic rings. The number of Topliss-reactive ketones (excluding diaryl/α,β-unsaturated/α-hetero) is 1. The van der Waals surface area contributed by atoms with Gasteiger partial charge in [0.2, 0.25) is 0 Å². The summed E-state index contributed by atoms with van der Waals surface area (Å²) in [5.41, 5.74) is 0.115. The third-order valence-corrected chi connectivity index (χ3v) is 8.36. The number of carbonyl (C=O) groups is 1. The van der Waals surface area contributed by atoms with Gasteiger partial charge in [0.1, 0.15) is 26.0 Å². The van der Waals surface area contributed by atoms with Gasteiger partial charge in [0, 0.05) is 17.6 Å². The summed E-state index contributed by atoms with van der Waals surface area (Å²) in [6, 6.07) is 1.32. The molecule has 3 atom stereocenters. The van der Waals surface area contributed by atoms with Gasteiger partial charge in [-0.05, 0) is 36.0 Å². The summed E-state index contributed by atoms with van der Waals surface area (Å²) >= 11 is 1.97. The molecule has 0 aromatic carbocycles. The van der Waals surface area contributed by atoms with E-state index >= 15 is 0 Å². The zero-order chi connectivity index (χ0) is 16.6. The van der Waals surface area contributed by atoms with Gasteiger partial charge in [-0.2, -0.15) is 11.8 Å². The number of hydrogen-bond donors (Lipinski definition) is 0. The Morgan fingerprint density at radius 3 is 2.86 bits per heavy atom. The second kappa shape index (κ2) is 10.1. The maximum absolute atomic E-state index is 12.8. The van der Waals surface area contributed by atoms with Crippen LogP contribution in [0.4, 0.5) is 0 Å². The van der Waals surface area contributed by atoms with Crippen LogP contribution in [-0.4, -0.2) is 37.0 Å². The third-order valence-electron chi connectivity index (χ3n) is 4.68. The molecule has 0 amide bonds. The van der Waals surface area contributed by atoms with E-state index in [-0.39, 0.29) is 21.1 Å². The first-order chi connectivity index (χ1) is 10.4. The second-order valence-corrected chi connectivity index (χ2v) is 12.3. The molecule has 0 N–H and O–H groups in total. The van der Waals surface area contributed by atoms with Crippen LogP contribution in [0.15, 0.2) is 12.2 Å². The topological polar surface area (TPSA) is 26.3 Å². The van der Waals surface area contributed by atoms with E-state index in [1.807, 2.05) is 11.8 Å². The quantitative estimate of drug-likeness (QED) is 0.341. The molecule has 1 aliphatic carbocycles. The van der Waals surface area contributed by atoms with Crippen molar-refractivity contribution in [3.05, 3.63) is 12.2 Å². The molecule has 3 unspecified atom stereocenters. The SMILES string of the molecule is CC(CC(=O)C1C(C)C=CCC1(C)C)SCCCC[SiH2]O[SiH3]. The number of unbranched alkanes of at least 4 members (excludes halogenated alkanes) is 1. The Bertz CT molecular complexity index is 372. The summed E-state index contributed by atoms with van der Waals surface area (Å²) < 4.78 is 5.34. The molecule has 5 heteroatoms. The number of allylic oxidation sites excluding steroid dienone is 2. The van der Waals surface area contributed by atoms with Gasteiger partial charge in [-0.25, -0.2) is 0 Å². The zero-order valence-electron chi connectivity index (χ0n) is 15.1. The fraction of sp³-hybridized carbons (Fsp3) is 0.824. The van der Waals surface area contributed by atoms with Crippen LogP contribution >= 0.6 is 11.8 Å². The largest absolute Gasteiger partial charge is 0.468 e. The van der Waals surface area contributed by atoms with Crippen LogP contribution in [0.5, 0.6) is 0 Å². The van der Waals surface area contributed by atoms with E-state index in [4.69, 9.17) is 4.12 Å². The van der Waals surface area contributed by atoms with E-state index in [9.17, 15) is 4.79 Å². The van der Waals surface area contributed by atoms with E-state index in [1.165, 1.54) is 24.6 Å². The van der Waals surface area contributed by atoms with Crippen LogP contribution in [0.25, 0.3) is 0 Å². The van der Waals surface area contributed by atoms with Gasteiger partial charge in [0.05, 0.1) is 0 Å². The molecule has 0 saturated heterocycles. The first kappa shape index (κ1) is 20.2. The average Bonchev–Trinajstić information content (AvgIpc) is 2.41. The van der Waals surface area contributed by atoms with Crippen LogP contribution in [0, 0.1) is 17.3 Å². The maximum Gasteiger partial charge on any atom is 0.145 e. The Morgan fingerprint density at radius 1 is 1.50 bits per heavy atom. The molecule has 0 heterocycles. The Hall–Kier alpha value is 0.154. The minimum absolute atomic E-state index is 0.115. The van der Waals surface area contributed by atoms with Crippen LogP contribution in [0.2, 0.25) is 6.04 Å². The first-order valence-corrected chi connectivity index (χ1v) is 12.1. The molecule has 0 aliphatic heterocycles. The molecule has 0 spiro atoms. The molecule has 0 saturated carbocycles. The lowest BCUT2D eigenvalue weighted by Crippen LogP contribution is -2.38. The van der Waals surface area contributed by atoms with Crippen molar-refractivity contribution in [2.45, 2.75) is 64.7 Å². The van der Waals surface area contributed by atoms with Crippen LogP contribution < -0.4 is 0 Å². The predicted molar refractivity (Wildman–Crippen MR) is 105 cm³/mol. The van der Waals surface area contributed by atoms with E-state index < -0.39 is 0 Å². The molecule has 2 nitrogen and oxygen atoms in total. The highest BCUT2D eigenvalue weighted by Crippen LogP contribution is 2.42. The average molecular weight is 359 g/mol. The zero-order valence-corrected chi connectivity index (χ0v) is 19.3. The van der Waals surface area contributed by atoms with E-state index in [0.29, 0.717) is 17.0 Å². The van der Waals surface area contributed by atoms with Crippen molar-refractivity contribution in [3.63, 3.8) is 0 Å². The normalized spacial score (nSPS) is 25.8. The van der Waals surface area contributed by atoms with Gasteiger partial charge in [-0.3, -0.25) is 4.79 Å². The minimum atomic E-state index is -0.184. The number of thioether (sulfide) groups is 1. The van der Waals surface area contributed by atoms with Crippen molar-refractivity contribution in [2.24, 2.45) is 17.3 Å². The molecule has 1 rings (SSSR count). The molecular weight excluding hydrogens is 324 g/mol. The standard InChI is InChI=1S/C17H34O2SSi2/c1-13-8-7-9-17(3,4)16(13)15(18)12-14(2)20-10-5-6-11-22-19-21/h7-8,13-14,16H,5-6,9-12,22H2,1-4,21H3. The van der Waals surface area contributed by atoms with E-state index in [1.54, 1.807) is 0 Å². The lowest BCUT2D eigenvalue weighted by atomic mass is 9.65. The van der Waals surface area contributed by atoms with E-state index in [0.717, 1.165) is 23.3 Å². The molecule has 0 radical (unpaired) electrons. The van der Waals surface area contributed by atoms with Crippen molar-refractivity contribution in [1.29, 1.82) is 0 Å². The Morgan fingerprint density at radius 2 is 2.23 bits per heavy atom. The molecule has 0 aromatic heterocycles. The maximum atomic E-state index is 12.8. The fourth-order valence-electron chi connectivity index (χ4n) is 3.54. The number of ketones is 1. The highest BCUT2D eigenvalue weighted by Gasteiger charge is 2.39. The van der Waals surface area contributed by atoms with Crippen molar-refractivity contribution in [1.82, 2.24) is 0 Å². The molecule has 0 bridgehead atoms. The van der Waals surface area contributed by atoms with Gasteiger partial charge >= 0.3 is 0 Å². The van der Waals surface area contributed by atoms with Crippen LogP contribution in [0.1, 0.15) is 53.4 Å². The van der Waals surface area contributed by atoms with Gasteiger partial charge in [0.25, 0.3) is 0 Å². The van der Waals surface area contributed by atoms with Crippen LogP contribution in [-0.2, 0) is 8.91 Å². The van der Waals surface area contributed by atoms with Crippen molar-refractivity contribution < 1.29 is 8.91 Å². The third kappa shape index (κ3) is 6.73. The summed E-state index contributed by atoms with van der Waals surface area (Å²) in [7, 11) is 0.731. The van der Waals surface area contributed by atoms with E-state index in [2.05, 4.69) is 39.8 Å². The lowest BCUT2D eigenvalue weighted by molar-refractivity contribution is -0.128. The highest BCUT2D eigenvalue weighted by atomic mass is 32.2. The molecule has 0 aromatic rings. The van der Waals surface area contributed by atoms with Gasteiger partial charge in [-0.15, -0.1) is 0 Å². The first-order valence-electron chi connectivity index (χ1n) is 8.68. The van der Waals surface area contributed by atoms with Crippen LogP contribution in [0.3, 0.4) is 0 Å². The van der Waals surface area contributed by atoms with Crippen molar-refractivity contribution >= 4 is 37.8 Å². The smallest absolute Gasteiger partial charge is 0.145 e. The monoisotopic (exact) mass is 358 g/mol. The lowest BCUT2D eigenvalue weighted by Gasteiger charge is -2.39. The Labute approximate surface area is 146 Å². The van der Waals surface area contributed by atoms with Gasteiger partial charge in [0.15, 0.2) is 0 Å². The molecular formula is C17H34O2SSi2. The second-order valence-electron chi connectivity index (χ2n) is 7.36. The summed E-state index contributed by atoms with van der Waals surface area (Å²) in [5, 5.41) is 0.452.